The third kappa shape index (κ3) is 46.7. The Balaban J connectivity index is 0. The van der Waals surface area contributed by atoms with Gasteiger partial charge in [0.2, 0.25) is 0 Å². The quantitative estimate of drug-likeness (QED) is 0.0201. The number of hydrogen-bond donors (Lipinski definition) is 0. The number of esters is 7. The summed E-state index contributed by atoms with van der Waals surface area (Å²) in [4.78, 5) is 96.9. The molecule has 0 aliphatic rings. The van der Waals surface area contributed by atoms with E-state index in [-0.39, 0.29) is 103 Å². The number of halogens is 4. The largest absolute Gasteiger partial charge is 0.463 e. The second-order valence-electron chi connectivity index (χ2n) is 22.0. The van der Waals surface area contributed by atoms with Gasteiger partial charge < -0.3 is 66.8 Å². The SMILES string of the molecule is C=C(C)C(=O)OCCN(C)C.CC(C)(Br)C(=O)OCCOCCOCCOC(=O)C(C)(C)Br.CN(C)CCOC(=O)C(C)(Br)CCC(=O)OCCOCCOCCOC(=O)C(C)(C)CC(C)(Br)C(=O)OCCN(C)C.c1ccc(-c2ccccn2)nc1. The molecule has 2 atom stereocenters. The number of nitrogens with zero attached hydrogens (tertiary/aromatic N) is 5. The molecule has 0 radical (unpaired) electrons. The summed E-state index contributed by atoms with van der Waals surface area (Å²) in [6.07, 6.45) is 4.02. The lowest BCUT2D eigenvalue weighted by Gasteiger charge is -2.30. The first-order valence-corrected chi connectivity index (χ1v) is 31.3. The lowest BCUT2D eigenvalue weighted by Crippen LogP contribution is -2.40. The normalized spacial score (nSPS) is 12.7. The van der Waals surface area contributed by atoms with Crippen LogP contribution in [0.3, 0.4) is 0 Å². The van der Waals surface area contributed by atoms with Crippen LogP contribution < -0.4 is 0 Å². The first kappa shape index (κ1) is 85.0. The van der Waals surface area contributed by atoms with Crippen LogP contribution in [0.1, 0.15) is 81.6 Å². The van der Waals surface area contributed by atoms with E-state index in [1.54, 1.807) is 74.7 Å². The molecular formula is C60H97Br4N5O18. The second kappa shape index (κ2) is 47.0. The Labute approximate surface area is 550 Å². The molecule has 0 fully saturated rings. The van der Waals surface area contributed by atoms with Crippen LogP contribution in [0.2, 0.25) is 0 Å². The van der Waals surface area contributed by atoms with Gasteiger partial charge in [0.05, 0.1) is 69.7 Å². The summed E-state index contributed by atoms with van der Waals surface area (Å²) < 4.78 is 53.8. The van der Waals surface area contributed by atoms with Crippen LogP contribution in [0.15, 0.2) is 60.9 Å². The smallest absolute Gasteiger partial charge is 0.333 e. The molecule has 0 bridgehead atoms. The van der Waals surface area contributed by atoms with E-state index in [1.807, 2.05) is 93.4 Å². The minimum atomic E-state index is -1.03. The van der Waals surface area contributed by atoms with Gasteiger partial charge in [-0.2, -0.15) is 0 Å². The number of likely N-dealkylation sites (N-methyl/N-ethyl adjacent to an activating group) is 3. The molecule has 0 saturated carbocycles. The van der Waals surface area contributed by atoms with E-state index >= 15 is 0 Å². The average molecular weight is 1500 g/mol. The van der Waals surface area contributed by atoms with Gasteiger partial charge in [0.15, 0.2) is 0 Å². The number of hydrogen-bond acceptors (Lipinski definition) is 23. The van der Waals surface area contributed by atoms with Crippen LogP contribution in [0.5, 0.6) is 0 Å². The van der Waals surface area contributed by atoms with Crippen molar-refractivity contribution in [3.05, 3.63) is 60.9 Å². The van der Waals surface area contributed by atoms with E-state index in [0.717, 1.165) is 17.9 Å². The Kier molecular flexibility index (Phi) is 45.9. The molecule has 498 valence electrons. The minimum absolute atomic E-state index is 0.0545. The highest BCUT2D eigenvalue weighted by molar-refractivity contribution is 9.10. The fourth-order valence-electron chi connectivity index (χ4n) is 5.88. The highest BCUT2D eigenvalue weighted by Gasteiger charge is 2.42. The van der Waals surface area contributed by atoms with Crippen molar-refractivity contribution in [3.63, 3.8) is 0 Å². The molecule has 2 rings (SSSR count). The van der Waals surface area contributed by atoms with Crippen molar-refractivity contribution in [2.24, 2.45) is 5.41 Å². The van der Waals surface area contributed by atoms with E-state index in [9.17, 15) is 33.6 Å². The molecule has 87 heavy (non-hydrogen) atoms. The van der Waals surface area contributed by atoms with Gasteiger partial charge in [-0.05, 0) is 142 Å². The molecule has 0 aromatic carbocycles. The molecule has 0 N–H and O–H groups in total. The lowest BCUT2D eigenvalue weighted by molar-refractivity contribution is -0.158. The maximum absolute atomic E-state index is 12.6. The molecule has 0 spiro atoms. The van der Waals surface area contributed by atoms with E-state index in [2.05, 4.69) is 80.3 Å². The molecule has 0 aliphatic heterocycles. The second-order valence-corrected chi connectivity index (χ2v) is 29.5. The number of ether oxygens (including phenoxy) is 11. The molecule has 2 heterocycles. The molecule has 0 aliphatic carbocycles. The van der Waals surface area contributed by atoms with Crippen molar-refractivity contribution in [2.45, 2.75) is 98.9 Å². The van der Waals surface area contributed by atoms with E-state index in [4.69, 9.17) is 52.1 Å². The fraction of sp³-hybridized carbons (Fsp3) is 0.683. The molecule has 2 aromatic heterocycles. The van der Waals surface area contributed by atoms with Crippen molar-refractivity contribution in [3.8, 4) is 11.4 Å². The van der Waals surface area contributed by atoms with Crippen LogP contribution in [-0.4, -0.2) is 245 Å². The Morgan fingerprint density at radius 1 is 0.437 bits per heavy atom. The zero-order valence-corrected chi connectivity index (χ0v) is 60.1. The van der Waals surface area contributed by atoms with Crippen molar-refractivity contribution < 1.29 is 85.7 Å². The van der Waals surface area contributed by atoms with Gasteiger partial charge in [-0.1, -0.05) is 82.4 Å². The molecule has 23 nitrogen and oxygen atoms in total. The molecular weight excluding hydrogens is 1400 g/mol. The van der Waals surface area contributed by atoms with Crippen LogP contribution >= 0.6 is 63.7 Å². The van der Waals surface area contributed by atoms with E-state index in [0.29, 0.717) is 51.7 Å². The summed E-state index contributed by atoms with van der Waals surface area (Å²) in [5.74, 6) is -2.71. The predicted octanol–water partition coefficient (Wildman–Crippen LogP) is 8.08. The summed E-state index contributed by atoms with van der Waals surface area (Å²) in [5.41, 5.74) is 1.35. The Hall–Kier alpha value is -4.03. The van der Waals surface area contributed by atoms with Gasteiger partial charge in [0.25, 0.3) is 0 Å². The Morgan fingerprint density at radius 3 is 1.09 bits per heavy atom. The summed E-state index contributed by atoms with van der Waals surface area (Å²) in [5, 5.41) is 0. The fourth-order valence-corrected chi connectivity index (χ4v) is 7.23. The maximum atomic E-state index is 12.6. The van der Waals surface area contributed by atoms with Crippen molar-refractivity contribution in [2.75, 3.05) is 161 Å². The first-order chi connectivity index (χ1) is 40.5. The van der Waals surface area contributed by atoms with Gasteiger partial charge in [-0.15, -0.1) is 0 Å². The molecule has 27 heteroatoms. The van der Waals surface area contributed by atoms with Gasteiger partial charge in [0.1, 0.15) is 63.5 Å². The number of aromatic nitrogens is 2. The van der Waals surface area contributed by atoms with Crippen LogP contribution in [0, 0.1) is 5.41 Å². The number of pyridine rings is 2. The van der Waals surface area contributed by atoms with Crippen LogP contribution in [-0.2, 0) is 85.7 Å². The predicted molar refractivity (Wildman–Crippen MR) is 346 cm³/mol. The van der Waals surface area contributed by atoms with Gasteiger partial charge >= 0.3 is 41.8 Å². The lowest BCUT2D eigenvalue weighted by atomic mass is 9.83. The third-order valence-corrected chi connectivity index (χ3v) is 12.8. The first-order valence-electron chi connectivity index (χ1n) is 28.1. The molecule has 0 saturated heterocycles. The van der Waals surface area contributed by atoms with Crippen LogP contribution in [0.25, 0.3) is 11.4 Å². The van der Waals surface area contributed by atoms with E-state index in [1.165, 1.54) is 0 Å². The Bertz CT molecular complexity index is 2200. The standard InChI is InChI=1S/C28H50Br2N2O10.C14H24Br2O6.C10H8N2.C8H15NO2/c1-26(2,21-28(4,30)25(36)41-14-12-32(7)8)23(34)42-20-18-38-16-15-37-17-19-39-22(33)9-10-27(3,29)24(35)40-13-11-31(5)6;1-13(2,15)11(17)21-9-7-19-5-6-20-8-10-22-12(18)14(3,4)16;1-3-7-11-9(5-1)10-6-2-4-8-12-10;1-7(2)8(10)11-6-5-9(3)4/h9-21H2,1-8H3;5-10H2,1-4H3;1-8H;1,5-6H2,2-4H3. The highest BCUT2D eigenvalue weighted by atomic mass is 79.9. The van der Waals surface area contributed by atoms with Gasteiger partial charge in [-0.25, -0.2) is 4.79 Å². The number of carbonyl (C=O) groups is 7. The molecule has 2 unspecified atom stereocenters. The molecule has 2 aromatic rings. The van der Waals surface area contributed by atoms with Crippen molar-refractivity contribution in [1.82, 2.24) is 24.7 Å². The number of rotatable bonds is 39. The summed E-state index contributed by atoms with van der Waals surface area (Å²) >= 11 is 13.2. The Morgan fingerprint density at radius 2 is 0.759 bits per heavy atom. The molecule has 0 amide bonds. The van der Waals surface area contributed by atoms with E-state index < -0.39 is 46.6 Å². The third-order valence-electron chi connectivity index (χ3n) is 10.8. The topological polar surface area (TPSA) is 257 Å². The van der Waals surface area contributed by atoms with Gasteiger partial charge in [0, 0.05) is 44.0 Å². The minimum Gasteiger partial charge on any atom is -0.463 e. The highest BCUT2D eigenvalue weighted by Crippen LogP contribution is 2.36. The number of carbonyl (C=O) groups excluding carboxylic acids is 7. The summed E-state index contributed by atoms with van der Waals surface area (Å²) in [7, 11) is 11.4. The van der Waals surface area contributed by atoms with Crippen molar-refractivity contribution >= 4 is 106 Å². The monoisotopic (exact) mass is 1490 g/mol. The zero-order chi connectivity index (χ0) is 66.7. The number of alkyl halides is 4. The average Bonchev–Trinajstić information content (AvgIpc) is 2.63. The summed E-state index contributed by atoms with van der Waals surface area (Å²) in [6.45, 7) is 24.5. The van der Waals surface area contributed by atoms with Crippen molar-refractivity contribution in [1.29, 1.82) is 0 Å². The van der Waals surface area contributed by atoms with Gasteiger partial charge in [-0.3, -0.25) is 38.7 Å². The maximum Gasteiger partial charge on any atom is 0.333 e. The van der Waals surface area contributed by atoms with Crippen LogP contribution in [0.4, 0.5) is 0 Å². The summed E-state index contributed by atoms with van der Waals surface area (Å²) in [6, 6.07) is 11.6. The zero-order valence-electron chi connectivity index (χ0n) is 53.8.